The van der Waals surface area contributed by atoms with Gasteiger partial charge >= 0.3 is 0 Å². The van der Waals surface area contributed by atoms with Crippen molar-refractivity contribution >= 4 is 17.5 Å². The first kappa shape index (κ1) is 14.1. The summed E-state index contributed by atoms with van der Waals surface area (Å²) in [7, 11) is -6.25. The second-order valence-electron chi connectivity index (χ2n) is 3.43. The first-order chi connectivity index (χ1) is 6.21. The molecule has 0 bridgehead atoms. The predicted molar refractivity (Wildman–Crippen MR) is 55.7 cm³/mol. The van der Waals surface area contributed by atoms with Gasteiger partial charge in [0.05, 0.1) is 12.4 Å². The Hall–Kier alpha value is 0.1000. The Labute approximate surface area is 85.0 Å². The zero-order valence-electron chi connectivity index (χ0n) is 8.47. The third-order valence-electron chi connectivity index (χ3n) is 1.45. The second-order valence-corrected chi connectivity index (χ2v) is 7.77. The van der Waals surface area contributed by atoms with Crippen molar-refractivity contribution in [2.75, 3.05) is 25.7 Å². The summed E-state index contributed by atoms with van der Waals surface area (Å²) in [6, 6.07) is 0. The summed E-state index contributed by atoms with van der Waals surface area (Å²) in [4.78, 5) is 0. The molecule has 0 heterocycles. The zero-order chi connectivity index (χ0) is 11.2. The van der Waals surface area contributed by atoms with E-state index in [9.17, 15) is 13.0 Å². The molecule has 1 N–H and O–H groups in total. The minimum atomic E-state index is -3.84. The number of unbranched alkanes of at least 4 members (excludes halogenated alkanes) is 2. The number of hydrogen-bond acceptors (Lipinski definition) is 4. The Morgan fingerprint density at radius 3 is 2.21 bits per heavy atom. The summed E-state index contributed by atoms with van der Waals surface area (Å²) < 4.78 is 45.1. The molecule has 0 unspecified atom stereocenters. The van der Waals surface area contributed by atoms with E-state index >= 15 is 0 Å². The minimum Gasteiger partial charge on any atom is -0.329 e. The van der Waals surface area contributed by atoms with Gasteiger partial charge in [0.2, 0.25) is 0 Å². The van der Waals surface area contributed by atoms with Gasteiger partial charge in [-0.15, -0.1) is 0 Å². The van der Waals surface area contributed by atoms with Gasteiger partial charge in [0.15, 0.2) is 7.37 Å². The summed E-state index contributed by atoms with van der Waals surface area (Å²) in [5, 5.41) is 0. The van der Waals surface area contributed by atoms with Gasteiger partial charge in [-0.2, -0.15) is 8.42 Å². The summed E-state index contributed by atoms with van der Waals surface area (Å²) >= 11 is 0. The average molecular weight is 244 g/mol. The monoisotopic (exact) mass is 244 g/mol. The van der Waals surface area contributed by atoms with Gasteiger partial charge in [-0.25, -0.2) is 0 Å². The normalized spacial score (nSPS) is 13.1. The molecule has 0 atom stereocenters. The molecule has 0 aromatic heterocycles. The fourth-order valence-electron chi connectivity index (χ4n) is 0.848. The fourth-order valence-corrected chi connectivity index (χ4v) is 1.99. The van der Waals surface area contributed by atoms with Crippen molar-refractivity contribution in [1.29, 1.82) is 0 Å². The Balaban J connectivity index is 3.36. The first-order valence-corrected chi connectivity index (χ1v) is 8.48. The number of hydrogen-bond donors (Lipinski definition) is 1. The minimum absolute atomic E-state index is 0.219. The topological polar surface area (TPSA) is 80.7 Å². The molecule has 0 saturated carbocycles. The molecule has 5 nitrogen and oxygen atoms in total. The van der Waals surface area contributed by atoms with Crippen molar-refractivity contribution in [2.24, 2.45) is 0 Å². The third-order valence-corrected chi connectivity index (χ3v) is 3.06. The number of rotatable bonds is 7. The standard InChI is InChI=1S/C7H17O5PS/c1-13(2,8)12-6-4-3-5-7-14(9,10)11/h3-7H2,1-2H3,(H,9,10,11). The SMILES string of the molecule is CP(C)(=O)OCCCCCS(=O)(=O)O. The van der Waals surface area contributed by atoms with Crippen LogP contribution in [0.25, 0.3) is 0 Å². The molecule has 7 heteroatoms. The quantitative estimate of drug-likeness (QED) is 0.418. The summed E-state index contributed by atoms with van der Waals surface area (Å²) in [6.07, 6.45) is 1.70. The van der Waals surface area contributed by atoms with Crippen molar-refractivity contribution in [1.82, 2.24) is 0 Å². The maximum absolute atomic E-state index is 11.0. The largest absolute Gasteiger partial charge is 0.329 e. The van der Waals surface area contributed by atoms with Crippen molar-refractivity contribution in [3.63, 3.8) is 0 Å². The van der Waals surface area contributed by atoms with E-state index in [2.05, 4.69) is 0 Å². The summed E-state index contributed by atoms with van der Waals surface area (Å²) in [6.45, 7) is 3.44. The molecule has 0 rings (SSSR count). The van der Waals surface area contributed by atoms with Gasteiger partial charge in [-0.3, -0.25) is 9.12 Å². The van der Waals surface area contributed by atoms with Crippen LogP contribution in [-0.2, 0) is 19.2 Å². The molecule has 0 aliphatic carbocycles. The van der Waals surface area contributed by atoms with Gasteiger partial charge in [-0.1, -0.05) is 6.42 Å². The molecule has 0 spiro atoms. The molecule has 0 aromatic carbocycles. The first-order valence-electron chi connectivity index (χ1n) is 4.35. The van der Waals surface area contributed by atoms with Crippen LogP contribution in [0.5, 0.6) is 0 Å². The molecule has 0 saturated heterocycles. The lowest BCUT2D eigenvalue weighted by molar-refractivity contribution is 0.309. The Morgan fingerprint density at radius 2 is 1.79 bits per heavy atom. The van der Waals surface area contributed by atoms with Crippen LogP contribution in [0.1, 0.15) is 19.3 Å². The van der Waals surface area contributed by atoms with Crippen molar-refractivity contribution in [3.05, 3.63) is 0 Å². The van der Waals surface area contributed by atoms with E-state index in [-0.39, 0.29) is 5.75 Å². The molecule has 0 fully saturated rings. The maximum atomic E-state index is 11.0. The van der Waals surface area contributed by atoms with Crippen molar-refractivity contribution in [3.8, 4) is 0 Å². The third kappa shape index (κ3) is 12.1. The van der Waals surface area contributed by atoms with E-state index < -0.39 is 17.5 Å². The highest BCUT2D eigenvalue weighted by molar-refractivity contribution is 7.85. The highest BCUT2D eigenvalue weighted by atomic mass is 32.2. The zero-order valence-corrected chi connectivity index (χ0v) is 10.2. The molecule has 14 heavy (non-hydrogen) atoms. The highest BCUT2D eigenvalue weighted by Crippen LogP contribution is 2.37. The predicted octanol–water partition coefficient (Wildman–Crippen LogP) is 1.60. The summed E-state index contributed by atoms with van der Waals surface area (Å²) in [5.41, 5.74) is 0. The smallest absolute Gasteiger partial charge is 0.264 e. The fraction of sp³-hybridized carbons (Fsp3) is 1.00. The second kappa shape index (κ2) is 5.85. The Bertz CT molecular complexity index is 291. The van der Waals surface area contributed by atoms with Gasteiger partial charge in [0.25, 0.3) is 10.1 Å². The van der Waals surface area contributed by atoms with Crippen LogP contribution in [0.4, 0.5) is 0 Å². The van der Waals surface area contributed by atoms with Crippen molar-refractivity contribution < 1.29 is 22.1 Å². The van der Waals surface area contributed by atoms with Crippen LogP contribution in [0.3, 0.4) is 0 Å². The van der Waals surface area contributed by atoms with Gasteiger partial charge in [0.1, 0.15) is 0 Å². The van der Waals surface area contributed by atoms with E-state index in [0.29, 0.717) is 25.9 Å². The van der Waals surface area contributed by atoms with Gasteiger partial charge < -0.3 is 4.52 Å². The Morgan fingerprint density at radius 1 is 1.21 bits per heavy atom. The van der Waals surface area contributed by atoms with Crippen LogP contribution in [0.15, 0.2) is 0 Å². The van der Waals surface area contributed by atoms with Crippen LogP contribution in [0.2, 0.25) is 0 Å². The molecule has 0 aromatic rings. The maximum Gasteiger partial charge on any atom is 0.264 e. The van der Waals surface area contributed by atoms with E-state index in [1.54, 1.807) is 0 Å². The molecule has 86 valence electrons. The van der Waals surface area contributed by atoms with Gasteiger partial charge in [-0.05, 0) is 12.8 Å². The lowest BCUT2D eigenvalue weighted by Gasteiger charge is -2.07. The van der Waals surface area contributed by atoms with Crippen LogP contribution < -0.4 is 0 Å². The van der Waals surface area contributed by atoms with E-state index in [4.69, 9.17) is 9.08 Å². The highest BCUT2D eigenvalue weighted by Gasteiger charge is 2.06. The van der Waals surface area contributed by atoms with Crippen LogP contribution in [0, 0.1) is 0 Å². The molecule has 0 radical (unpaired) electrons. The van der Waals surface area contributed by atoms with Gasteiger partial charge in [0, 0.05) is 13.3 Å². The molecule has 0 aliphatic heterocycles. The van der Waals surface area contributed by atoms with Crippen LogP contribution in [-0.4, -0.2) is 38.7 Å². The molecular weight excluding hydrogens is 227 g/mol. The average Bonchev–Trinajstić information content (AvgIpc) is 1.92. The molecular formula is C7H17O5PS. The van der Waals surface area contributed by atoms with Crippen molar-refractivity contribution in [2.45, 2.75) is 19.3 Å². The van der Waals surface area contributed by atoms with E-state index in [1.807, 2.05) is 0 Å². The molecule has 0 aliphatic rings. The molecule has 0 amide bonds. The van der Waals surface area contributed by atoms with Crippen LogP contribution >= 0.6 is 7.37 Å². The lowest BCUT2D eigenvalue weighted by Crippen LogP contribution is -2.03. The Kier molecular flexibility index (Phi) is 5.90. The summed E-state index contributed by atoms with van der Waals surface area (Å²) in [5.74, 6) is -0.219. The van der Waals surface area contributed by atoms with E-state index in [0.717, 1.165) is 0 Å². The van der Waals surface area contributed by atoms with E-state index in [1.165, 1.54) is 13.3 Å². The lowest BCUT2D eigenvalue weighted by atomic mass is 10.3.